The van der Waals surface area contributed by atoms with Crippen LogP contribution in [0.1, 0.15) is 19.4 Å². The largest absolute Gasteiger partial charge is 0.508 e. The first-order chi connectivity index (χ1) is 6.44. The average Bonchev–Trinajstić information content (AvgIpc) is 2.11. The summed E-state index contributed by atoms with van der Waals surface area (Å²) in [7, 11) is 0. The van der Waals surface area contributed by atoms with E-state index in [-0.39, 0.29) is 16.9 Å². The normalized spacial score (nSPS) is 11.6. The molecule has 0 fully saturated rings. The van der Waals surface area contributed by atoms with Crippen molar-refractivity contribution in [1.82, 2.24) is 0 Å². The Balaban J connectivity index is 2.91. The van der Waals surface area contributed by atoms with Gasteiger partial charge in [-0.25, -0.2) is 0 Å². The summed E-state index contributed by atoms with van der Waals surface area (Å²) in [6, 6.07) is 4.62. The number of aromatic hydroxyl groups is 2. The fraction of sp³-hybridized carbons (Fsp3) is 0.455. The van der Waals surface area contributed by atoms with Gasteiger partial charge < -0.3 is 10.2 Å². The van der Waals surface area contributed by atoms with E-state index >= 15 is 0 Å². The van der Waals surface area contributed by atoms with Crippen LogP contribution in [-0.2, 0) is 6.42 Å². The van der Waals surface area contributed by atoms with Gasteiger partial charge in [-0.3, -0.25) is 0 Å². The molecule has 0 aliphatic rings. The molecule has 14 heavy (non-hydrogen) atoms. The fourth-order valence-corrected chi connectivity index (χ4v) is 1.47. The predicted octanol–water partition coefficient (Wildman–Crippen LogP) is 3.06. The zero-order valence-corrected chi connectivity index (χ0v) is 10.0. The van der Waals surface area contributed by atoms with Gasteiger partial charge in [0.1, 0.15) is 11.5 Å². The van der Waals surface area contributed by atoms with E-state index < -0.39 is 0 Å². The highest BCUT2D eigenvalue weighted by molar-refractivity contribution is 9.09. The minimum Gasteiger partial charge on any atom is -0.508 e. The Morgan fingerprint density at radius 3 is 2.50 bits per heavy atom. The van der Waals surface area contributed by atoms with Crippen LogP contribution in [0.3, 0.4) is 0 Å². The highest BCUT2D eigenvalue weighted by atomic mass is 79.9. The molecule has 0 aliphatic carbocycles. The molecule has 0 atom stereocenters. The number of halogens is 1. The molecule has 1 aromatic rings. The first-order valence-corrected chi connectivity index (χ1v) is 5.63. The number of hydrogen-bond acceptors (Lipinski definition) is 2. The molecule has 2 nitrogen and oxygen atoms in total. The quantitative estimate of drug-likeness (QED) is 0.647. The lowest BCUT2D eigenvalue weighted by molar-refractivity contribution is 0.401. The molecule has 0 saturated carbocycles. The van der Waals surface area contributed by atoms with Crippen LogP contribution in [0.25, 0.3) is 0 Å². The van der Waals surface area contributed by atoms with Gasteiger partial charge in [0.25, 0.3) is 0 Å². The van der Waals surface area contributed by atoms with E-state index in [1.807, 2.05) is 0 Å². The maximum atomic E-state index is 9.57. The van der Waals surface area contributed by atoms with Crippen LogP contribution < -0.4 is 0 Å². The van der Waals surface area contributed by atoms with Crippen LogP contribution in [0.2, 0.25) is 0 Å². The summed E-state index contributed by atoms with van der Waals surface area (Å²) in [5, 5.41) is 19.7. The molecular weight excluding hydrogens is 244 g/mol. The monoisotopic (exact) mass is 258 g/mol. The van der Waals surface area contributed by atoms with Crippen molar-refractivity contribution in [2.24, 2.45) is 5.41 Å². The van der Waals surface area contributed by atoms with Gasteiger partial charge in [-0.2, -0.15) is 0 Å². The lowest BCUT2D eigenvalue weighted by Crippen LogP contribution is -2.16. The van der Waals surface area contributed by atoms with Crippen molar-refractivity contribution in [2.75, 3.05) is 5.33 Å². The Morgan fingerprint density at radius 1 is 1.29 bits per heavy atom. The van der Waals surface area contributed by atoms with Crippen molar-refractivity contribution in [3.8, 4) is 11.5 Å². The van der Waals surface area contributed by atoms with Crippen molar-refractivity contribution in [3.05, 3.63) is 23.8 Å². The summed E-state index contributed by atoms with van der Waals surface area (Å²) < 4.78 is 0. The Morgan fingerprint density at radius 2 is 1.93 bits per heavy atom. The van der Waals surface area contributed by atoms with Gasteiger partial charge in [-0.15, -0.1) is 0 Å². The minimum atomic E-state index is 0.0747. The van der Waals surface area contributed by atoms with Gasteiger partial charge in [0, 0.05) is 5.33 Å². The number of benzene rings is 1. The molecule has 0 heterocycles. The van der Waals surface area contributed by atoms with Crippen molar-refractivity contribution < 1.29 is 10.2 Å². The van der Waals surface area contributed by atoms with Crippen molar-refractivity contribution in [1.29, 1.82) is 0 Å². The first-order valence-electron chi connectivity index (χ1n) is 4.51. The Bertz CT molecular complexity index is 321. The highest BCUT2D eigenvalue weighted by Crippen LogP contribution is 2.30. The minimum absolute atomic E-state index is 0.0747. The smallest absolute Gasteiger partial charge is 0.119 e. The maximum absolute atomic E-state index is 9.57. The molecule has 0 bridgehead atoms. The van der Waals surface area contributed by atoms with Gasteiger partial charge in [-0.1, -0.05) is 29.8 Å². The Hall–Kier alpha value is -0.700. The molecule has 0 amide bonds. The van der Waals surface area contributed by atoms with Crippen molar-refractivity contribution in [3.63, 3.8) is 0 Å². The zero-order chi connectivity index (χ0) is 10.8. The van der Waals surface area contributed by atoms with Gasteiger partial charge in [-0.05, 0) is 35.6 Å². The third kappa shape index (κ3) is 2.91. The topological polar surface area (TPSA) is 40.5 Å². The van der Waals surface area contributed by atoms with Crippen LogP contribution in [0.15, 0.2) is 18.2 Å². The van der Waals surface area contributed by atoms with E-state index in [1.54, 1.807) is 6.07 Å². The summed E-state index contributed by atoms with van der Waals surface area (Å²) in [6.07, 6.45) is 0.735. The van der Waals surface area contributed by atoms with E-state index in [4.69, 9.17) is 0 Å². The molecular formula is C11H15BrO2. The van der Waals surface area contributed by atoms with E-state index in [2.05, 4.69) is 29.8 Å². The molecule has 2 N–H and O–H groups in total. The maximum Gasteiger partial charge on any atom is 0.119 e. The second kappa shape index (κ2) is 4.22. The highest BCUT2D eigenvalue weighted by Gasteiger charge is 2.18. The second-order valence-electron chi connectivity index (χ2n) is 4.29. The average molecular weight is 259 g/mol. The number of phenolic OH excluding ortho intramolecular Hbond substituents is 2. The van der Waals surface area contributed by atoms with Crippen LogP contribution >= 0.6 is 15.9 Å². The van der Waals surface area contributed by atoms with Crippen molar-refractivity contribution in [2.45, 2.75) is 20.3 Å². The third-order valence-corrected chi connectivity index (χ3v) is 3.61. The molecule has 1 rings (SSSR count). The molecule has 0 aliphatic heterocycles. The molecule has 0 spiro atoms. The van der Waals surface area contributed by atoms with Crippen LogP contribution in [0, 0.1) is 5.41 Å². The predicted molar refractivity (Wildman–Crippen MR) is 61.1 cm³/mol. The van der Waals surface area contributed by atoms with Gasteiger partial charge in [0.15, 0.2) is 0 Å². The molecule has 0 unspecified atom stereocenters. The third-order valence-electron chi connectivity index (χ3n) is 2.09. The summed E-state index contributed by atoms with van der Waals surface area (Å²) in [4.78, 5) is 0. The first kappa shape index (κ1) is 11.4. The summed E-state index contributed by atoms with van der Waals surface area (Å²) in [6.45, 7) is 4.20. The van der Waals surface area contributed by atoms with E-state index in [1.165, 1.54) is 12.1 Å². The van der Waals surface area contributed by atoms with Gasteiger partial charge >= 0.3 is 0 Å². The van der Waals surface area contributed by atoms with Gasteiger partial charge in [0.2, 0.25) is 0 Å². The summed E-state index contributed by atoms with van der Waals surface area (Å²) in [5.41, 5.74) is 0.861. The standard InChI is InChI=1S/C11H15BrO2/c1-11(2,7-12)6-8-5-9(13)3-4-10(8)14/h3-5,13-14H,6-7H2,1-2H3. The Labute approximate surface area is 92.7 Å². The summed E-state index contributed by atoms with van der Waals surface area (Å²) in [5.74, 6) is 0.444. The number of hydrogen-bond donors (Lipinski definition) is 2. The molecule has 0 aromatic heterocycles. The lowest BCUT2D eigenvalue weighted by Gasteiger charge is -2.22. The fourth-order valence-electron chi connectivity index (χ4n) is 1.28. The lowest BCUT2D eigenvalue weighted by atomic mass is 9.87. The number of rotatable bonds is 3. The van der Waals surface area contributed by atoms with Crippen LogP contribution in [-0.4, -0.2) is 15.5 Å². The molecule has 0 radical (unpaired) electrons. The summed E-state index contributed by atoms with van der Waals surface area (Å²) >= 11 is 3.43. The number of phenols is 2. The van der Waals surface area contributed by atoms with Crippen LogP contribution in [0.5, 0.6) is 11.5 Å². The van der Waals surface area contributed by atoms with E-state index in [0.717, 1.165) is 17.3 Å². The van der Waals surface area contributed by atoms with E-state index in [9.17, 15) is 10.2 Å². The van der Waals surface area contributed by atoms with Crippen molar-refractivity contribution >= 4 is 15.9 Å². The van der Waals surface area contributed by atoms with E-state index in [0.29, 0.717) is 0 Å². The molecule has 78 valence electrons. The van der Waals surface area contributed by atoms with Gasteiger partial charge in [0.05, 0.1) is 0 Å². The van der Waals surface area contributed by atoms with Crippen LogP contribution in [0.4, 0.5) is 0 Å². The molecule has 3 heteroatoms. The second-order valence-corrected chi connectivity index (χ2v) is 4.85. The zero-order valence-electron chi connectivity index (χ0n) is 8.42. The number of alkyl halides is 1. The molecule has 1 aromatic carbocycles. The molecule has 0 saturated heterocycles. The SMILES string of the molecule is CC(C)(CBr)Cc1cc(O)ccc1O. The Kier molecular flexibility index (Phi) is 3.43.